The summed E-state index contributed by atoms with van der Waals surface area (Å²) in [7, 11) is -3.35. The van der Waals surface area contributed by atoms with Crippen molar-refractivity contribution in [1.29, 1.82) is 5.26 Å². The van der Waals surface area contributed by atoms with Gasteiger partial charge in [0.1, 0.15) is 4.21 Å². The third kappa shape index (κ3) is 2.98. The predicted molar refractivity (Wildman–Crippen MR) is 74.5 cm³/mol. The molecule has 104 valence electrons. The number of sulfonamides is 1. The van der Waals surface area contributed by atoms with Gasteiger partial charge in [-0.25, -0.2) is 8.42 Å². The van der Waals surface area contributed by atoms with Crippen LogP contribution in [0, 0.1) is 18.3 Å². The lowest BCUT2D eigenvalue weighted by Crippen LogP contribution is -2.50. The molecule has 0 N–H and O–H groups in total. The minimum Gasteiger partial charge on any atom is -0.286 e. The van der Waals surface area contributed by atoms with Crippen LogP contribution < -0.4 is 0 Å². The lowest BCUT2D eigenvalue weighted by molar-refractivity contribution is 0.170. The molecular formula is C12H17N3O2S2. The van der Waals surface area contributed by atoms with Gasteiger partial charge in [0.15, 0.2) is 0 Å². The van der Waals surface area contributed by atoms with Gasteiger partial charge in [-0.2, -0.15) is 9.57 Å². The molecule has 1 saturated heterocycles. The van der Waals surface area contributed by atoms with Crippen LogP contribution in [0.5, 0.6) is 0 Å². The summed E-state index contributed by atoms with van der Waals surface area (Å²) in [4.78, 5) is 3.00. The number of rotatable bonds is 3. The molecule has 1 atom stereocenters. The van der Waals surface area contributed by atoms with E-state index >= 15 is 0 Å². The highest BCUT2D eigenvalue weighted by Crippen LogP contribution is 2.25. The first-order valence-corrected chi connectivity index (χ1v) is 8.41. The molecule has 0 saturated carbocycles. The van der Waals surface area contributed by atoms with Crippen LogP contribution in [0.25, 0.3) is 0 Å². The number of aryl methyl sites for hydroxylation is 1. The average molecular weight is 299 g/mol. The van der Waals surface area contributed by atoms with Gasteiger partial charge in [0.2, 0.25) is 0 Å². The summed E-state index contributed by atoms with van der Waals surface area (Å²) in [6, 6.07) is 5.52. The van der Waals surface area contributed by atoms with Gasteiger partial charge in [-0.3, -0.25) is 4.90 Å². The molecule has 0 aliphatic carbocycles. The Balaban J connectivity index is 2.08. The van der Waals surface area contributed by atoms with Crippen LogP contribution in [0.15, 0.2) is 16.3 Å². The van der Waals surface area contributed by atoms with Crippen molar-refractivity contribution < 1.29 is 8.42 Å². The summed E-state index contributed by atoms with van der Waals surface area (Å²) in [5, 5.41) is 8.87. The van der Waals surface area contributed by atoms with Crippen molar-refractivity contribution in [2.24, 2.45) is 0 Å². The zero-order chi connectivity index (χ0) is 14.0. The van der Waals surface area contributed by atoms with Crippen LogP contribution in [0.1, 0.15) is 11.8 Å². The number of hydrogen-bond donors (Lipinski definition) is 0. The highest BCUT2D eigenvalue weighted by Gasteiger charge is 2.30. The molecule has 2 rings (SSSR count). The second kappa shape index (κ2) is 5.59. The molecule has 0 spiro atoms. The standard InChI is InChI=1S/C12H17N3O2S2/c1-10(9-13)14-5-7-15(8-6-14)19(16,17)12-4-3-11(2)18-12/h3-4,10H,5-8H2,1-2H3. The zero-order valence-corrected chi connectivity index (χ0v) is 12.7. The van der Waals surface area contributed by atoms with Gasteiger partial charge in [-0.15, -0.1) is 11.3 Å². The fraction of sp³-hybridized carbons (Fsp3) is 0.583. The van der Waals surface area contributed by atoms with E-state index in [1.54, 1.807) is 6.07 Å². The number of hydrogen-bond acceptors (Lipinski definition) is 5. The Morgan fingerprint density at radius 3 is 2.42 bits per heavy atom. The Labute approximate surface area is 118 Å². The van der Waals surface area contributed by atoms with Crippen LogP contribution in [0.2, 0.25) is 0 Å². The monoisotopic (exact) mass is 299 g/mol. The summed E-state index contributed by atoms with van der Waals surface area (Å²) < 4.78 is 26.7. The Morgan fingerprint density at radius 1 is 1.32 bits per heavy atom. The van der Waals surface area contributed by atoms with E-state index in [1.165, 1.54) is 15.6 Å². The van der Waals surface area contributed by atoms with Crippen LogP contribution in [-0.4, -0.2) is 49.8 Å². The number of piperazine rings is 1. The normalized spacial score (nSPS) is 20.1. The van der Waals surface area contributed by atoms with E-state index in [2.05, 4.69) is 6.07 Å². The maximum Gasteiger partial charge on any atom is 0.252 e. The second-order valence-electron chi connectivity index (χ2n) is 4.61. The van der Waals surface area contributed by atoms with Gasteiger partial charge >= 0.3 is 0 Å². The molecule has 5 nitrogen and oxygen atoms in total. The van der Waals surface area contributed by atoms with Crippen LogP contribution >= 0.6 is 11.3 Å². The van der Waals surface area contributed by atoms with Crippen LogP contribution in [0.4, 0.5) is 0 Å². The Bertz CT molecular complexity index is 580. The maximum atomic E-state index is 12.4. The minimum atomic E-state index is -3.35. The lowest BCUT2D eigenvalue weighted by atomic mass is 10.2. The molecule has 1 aliphatic rings. The van der Waals surface area contributed by atoms with E-state index in [9.17, 15) is 8.42 Å². The molecular weight excluding hydrogens is 282 g/mol. The Kier molecular flexibility index (Phi) is 4.26. The van der Waals surface area contributed by atoms with E-state index in [4.69, 9.17) is 5.26 Å². The number of nitrogens with zero attached hydrogens (tertiary/aromatic N) is 3. The average Bonchev–Trinajstić information content (AvgIpc) is 2.85. The van der Waals surface area contributed by atoms with Gasteiger partial charge in [-0.05, 0) is 26.0 Å². The Morgan fingerprint density at radius 2 is 1.95 bits per heavy atom. The molecule has 0 bridgehead atoms. The van der Waals surface area contributed by atoms with Crippen LogP contribution in [-0.2, 0) is 10.0 Å². The molecule has 0 amide bonds. The predicted octanol–water partition coefficient (Wildman–Crippen LogP) is 1.27. The van der Waals surface area contributed by atoms with Crippen molar-refractivity contribution in [3.63, 3.8) is 0 Å². The fourth-order valence-electron chi connectivity index (χ4n) is 2.09. The highest BCUT2D eigenvalue weighted by atomic mass is 32.2. The molecule has 1 aliphatic heterocycles. The largest absolute Gasteiger partial charge is 0.286 e. The molecule has 1 unspecified atom stereocenters. The molecule has 2 heterocycles. The first-order chi connectivity index (χ1) is 8.95. The first-order valence-electron chi connectivity index (χ1n) is 6.15. The van der Waals surface area contributed by atoms with Gasteiger partial charge in [0, 0.05) is 31.1 Å². The van der Waals surface area contributed by atoms with E-state index in [0.29, 0.717) is 30.4 Å². The van der Waals surface area contributed by atoms with Gasteiger partial charge in [0.05, 0.1) is 12.1 Å². The maximum absolute atomic E-state index is 12.4. The smallest absolute Gasteiger partial charge is 0.252 e. The van der Waals surface area contributed by atoms with Gasteiger partial charge in [0.25, 0.3) is 10.0 Å². The van der Waals surface area contributed by atoms with Crippen LogP contribution in [0.3, 0.4) is 0 Å². The van der Waals surface area contributed by atoms with Gasteiger partial charge in [-0.1, -0.05) is 0 Å². The zero-order valence-electron chi connectivity index (χ0n) is 11.0. The first kappa shape index (κ1) is 14.5. The summed E-state index contributed by atoms with van der Waals surface area (Å²) in [6.45, 7) is 5.86. The summed E-state index contributed by atoms with van der Waals surface area (Å²) >= 11 is 1.30. The highest BCUT2D eigenvalue weighted by molar-refractivity contribution is 7.91. The summed E-state index contributed by atoms with van der Waals surface area (Å²) in [5.41, 5.74) is 0. The molecule has 1 aromatic heterocycles. The van der Waals surface area contributed by atoms with E-state index in [-0.39, 0.29) is 6.04 Å². The summed E-state index contributed by atoms with van der Waals surface area (Å²) in [6.07, 6.45) is 0. The van der Waals surface area contributed by atoms with E-state index in [0.717, 1.165) is 4.88 Å². The summed E-state index contributed by atoms with van der Waals surface area (Å²) in [5.74, 6) is 0. The third-order valence-electron chi connectivity index (χ3n) is 3.32. The molecule has 7 heteroatoms. The van der Waals surface area contributed by atoms with Gasteiger partial charge < -0.3 is 0 Å². The molecule has 0 aromatic carbocycles. The van der Waals surface area contributed by atoms with E-state index in [1.807, 2.05) is 24.8 Å². The molecule has 0 radical (unpaired) electrons. The minimum absolute atomic E-state index is 0.158. The second-order valence-corrected chi connectivity index (χ2v) is 8.06. The van der Waals surface area contributed by atoms with Crippen molar-refractivity contribution in [2.75, 3.05) is 26.2 Å². The quantitative estimate of drug-likeness (QED) is 0.843. The lowest BCUT2D eigenvalue weighted by Gasteiger charge is -2.34. The van der Waals surface area contributed by atoms with Crippen molar-refractivity contribution in [3.8, 4) is 6.07 Å². The molecule has 1 fully saturated rings. The molecule has 19 heavy (non-hydrogen) atoms. The van der Waals surface area contributed by atoms with E-state index < -0.39 is 10.0 Å². The molecule has 1 aromatic rings. The topological polar surface area (TPSA) is 64.4 Å². The van der Waals surface area contributed by atoms with Crippen molar-refractivity contribution in [1.82, 2.24) is 9.21 Å². The third-order valence-corrected chi connectivity index (χ3v) is 6.68. The van der Waals surface area contributed by atoms with Crippen molar-refractivity contribution in [3.05, 3.63) is 17.0 Å². The van der Waals surface area contributed by atoms with Crippen molar-refractivity contribution in [2.45, 2.75) is 24.1 Å². The Hall–Kier alpha value is -0.940. The number of thiophene rings is 1. The number of nitriles is 1. The SMILES string of the molecule is Cc1ccc(S(=O)(=O)N2CCN(C(C)C#N)CC2)s1. The van der Waals surface area contributed by atoms with Crippen molar-refractivity contribution >= 4 is 21.4 Å². The fourth-order valence-corrected chi connectivity index (χ4v) is 4.95.